The lowest BCUT2D eigenvalue weighted by Crippen LogP contribution is -2.22. The summed E-state index contributed by atoms with van der Waals surface area (Å²) < 4.78 is 0. The minimum Gasteiger partial charge on any atom is -0.340 e. The molecular weight excluding hydrogens is 430 g/mol. The number of rotatable bonds is 17. The van der Waals surface area contributed by atoms with Gasteiger partial charge in [0.2, 0.25) is 0 Å². The fourth-order valence-corrected chi connectivity index (χ4v) is 6.28. The molecule has 34 heavy (non-hydrogen) atoms. The van der Waals surface area contributed by atoms with Gasteiger partial charge in [0.15, 0.2) is 0 Å². The van der Waals surface area contributed by atoms with Gasteiger partial charge in [0.05, 0.1) is 11.4 Å². The van der Waals surface area contributed by atoms with Crippen LogP contribution in [0.1, 0.15) is 122 Å². The number of benzene rings is 2. The fourth-order valence-electron chi connectivity index (χ4n) is 5.06. The Hall–Kier alpha value is -1.41. The highest BCUT2D eigenvalue weighted by Gasteiger charge is 2.23. The third kappa shape index (κ3) is 8.36. The summed E-state index contributed by atoms with van der Waals surface area (Å²) in [6, 6.07) is 14.6. The molecule has 1 aliphatic heterocycles. The van der Waals surface area contributed by atoms with E-state index in [0.717, 1.165) is 6.54 Å². The molecule has 2 heteroatoms. The monoisotopic (exact) mass is 479 g/mol. The van der Waals surface area contributed by atoms with Crippen molar-refractivity contribution in [2.24, 2.45) is 0 Å². The molecule has 1 aliphatic rings. The van der Waals surface area contributed by atoms with Crippen LogP contribution in [0.5, 0.6) is 0 Å². The van der Waals surface area contributed by atoms with Crippen LogP contribution in [0.2, 0.25) is 0 Å². The second kappa shape index (κ2) is 15.6. The molecule has 1 nitrogen and oxygen atoms in total. The lowest BCUT2D eigenvalue weighted by atomic mass is 10.0. The highest BCUT2D eigenvalue weighted by molar-refractivity contribution is 7.99. The molecule has 0 fully saturated rings. The molecule has 0 radical (unpaired) electrons. The van der Waals surface area contributed by atoms with Crippen LogP contribution in [0.15, 0.2) is 46.2 Å². The first kappa shape index (κ1) is 27.2. The Morgan fingerprint density at radius 1 is 0.529 bits per heavy atom. The van der Waals surface area contributed by atoms with E-state index in [4.69, 9.17) is 0 Å². The lowest BCUT2D eigenvalue weighted by molar-refractivity contribution is 0.607. The molecule has 0 N–H and O–H groups in total. The van der Waals surface area contributed by atoms with E-state index in [9.17, 15) is 0 Å². The third-order valence-electron chi connectivity index (χ3n) is 7.22. The molecule has 0 atom stereocenters. The van der Waals surface area contributed by atoms with Gasteiger partial charge >= 0.3 is 0 Å². The van der Waals surface area contributed by atoms with Crippen LogP contribution in [0, 0.1) is 0 Å². The molecule has 0 aliphatic carbocycles. The van der Waals surface area contributed by atoms with Crippen LogP contribution in [0.25, 0.3) is 0 Å². The summed E-state index contributed by atoms with van der Waals surface area (Å²) in [6.45, 7) is 8.01. The Morgan fingerprint density at radius 2 is 0.971 bits per heavy atom. The molecule has 0 unspecified atom stereocenters. The zero-order valence-corrected chi connectivity index (χ0v) is 23.2. The first-order valence-corrected chi connectivity index (χ1v) is 15.3. The average molecular weight is 480 g/mol. The van der Waals surface area contributed by atoms with E-state index in [0.29, 0.717) is 0 Å². The van der Waals surface area contributed by atoms with Gasteiger partial charge in [-0.15, -0.1) is 0 Å². The molecule has 2 aromatic rings. The van der Waals surface area contributed by atoms with Gasteiger partial charge in [-0.1, -0.05) is 115 Å². The minimum absolute atomic E-state index is 1.12. The summed E-state index contributed by atoms with van der Waals surface area (Å²) in [5.41, 5.74) is 5.87. The second-order valence-electron chi connectivity index (χ2n) is 10.2. The Labute approximate surface area is 215 Å². The Morgan fingerprint density at radius 3 is 1.44 bits per heavy atom. The lowest BCUT2D eigenvalue weighted by Gasteiger charge is -2.33. The van der Waals surface area contributed by atoms with Crippen LogP contribution in [0.4, 0.5) is 11.4 Å². The van der Waals surface area contributed by atoms with Crippen molar-refractivity contribution in [2.45, 2.75) is 133 Å². The van der Waals surface area contributed by atoms with Gasteiger partial charge < -0.3 is 4.90 Å². The fraction of sp³-hybridized carbons (Fsp3) is 0.625. The van der Waals surface area contributed by atoms with Crippen molar-refractivity contribution in [1.82, 2.24) is 0 Å². The largest absolute Gasteiger partial charge is 0.340 e. The minimum atomic E-state index is 1.12. The first-order chi connectivity index (χ1) is 16.8. The number of aryl methyl sites for hydroxylation is 2. The Bertz CT molecular complexity index is 777. The average Bonchev–Trinajstić information content (AvgIpc) is 2.85. The maximum Gasteiger partial charge on any atom is 0.0553 e. The Kier molecular flexibility index (Phi) is 12.4. The van der Waals surface area contributed by atoms with E-state index in [1.807, 2.05) is 11.8 Å². The maximum atomic E-state index is 2.59. The topological polar surface area (TPSA) is 3.24 Å². The van der Waals surface area contributed by atoms with Gasteiger partial charge in [-0.05, 0) is 67.5 Å². The molecule has 0 aromatic heterocycles. The number of anilines is 2. The van der Waals surface area contributed by atoms with Crippen molar-refractivity contribution < 1.29 is 0 Å². The van der Waals surface area contributed by atoms with Gasteiger partial charge in [-0.25, -0.2) is 0 Å². The van der Waals surface area contributed by atoms with E-state index < -0.39 is 0 Å². The molecule has 0 bridgehead atoms. The zero-order chi connectivity index (χ0) is 24.0. The number of unbranched alkanes of at least 4 members (excludes halogenated alkanes) is 11. The molecule has 0 saturated heterocycles. The van der Waals surface area contributed by atoms with Crippen LogP contribution in [-0.4, -0.2) is 6.54 Å². The highest BCUT2D eigenvalue weighted by Crippen LogP contribution is 2.49. The molecule has 2 aromatic carbocycles. The van der Waals surface area contributed by atoms with Gasteiger partial charge in [0.1, 0.15) is 0 Å². The standard InChI is InChI=1S/C32H49NS/c1-4-7-10-12-14-16-18-27-20-22-29-31(25-27)34-32-26-28(19-17-15-13-11-8-5-2)21-23-30(32)33(29)24-9-6-3/h20-23,25-26H,4-19,24H2,1-3H3. The quantitative estimate of drug-likeness (QED) is 0.207. The molecule has 0 spiro atoms. The van der Waals surface area contributed by atoms with Crippen LogP contribution >= 0.6 is 11.8 Å². The smallest absolute Gasteiger partial charge is 0.0553 e. The molecule has 3 rings (SSSR count). The van der Waals surface area contributed by atoms with Gasteiger partial charge in [-0.2, -0.15) is 0 Å². The summed E-state index contributed by atoms with van der Waals surface area (Å²) in [7, 11) is 0. The predicted octanol–water partition coefficient (Wildman–Crippen LogP) is 10.9. The van der Waals surface area contributed by atoms with Crippen LogP contribution in [-0.2, 0) is 12.8 Å². The molecular formula is C32H49NS. The Balaban J connectivity index is 1.65. The van der Waals surface area contributed by atoms with E-state index in [1.165, 1.54) is 135 Å². The summed E-state index contributed by atoms with van der Waals surface area (Å²) >= 11 is 2.01. The van der Waals surface area contributed by atoms with Crippen molar-refractivity contribution in [3.05, 3.63) is 47.5 Å². The predicted molar refractivity (Wildman–Crippen MR) is 153 cm³/mol. The van der Waals surface area contributed by atoms with Crippen molar-refractivity contribution in [3.63, 3.8) is 0 Å². The van der Waals surface area contributed by atoms with Gasteiger partial charge in [0, 0.05) is 16.3 Å². The van der Waals surface area contributed by atoms with E-state index in [1.54, 1.807) is 0 Å². The van der Waals surface area contributed by atoms with Crippen LogP contribution < -0.4 is 4.90 Å². The second-order valence-corrected chi connectivity index (χ2v) is 11.3. The summed E-state index contributed by atoms with van der Waals surface area (Å²) in [6.07, 6.45) is 21.4. The maximum absolute atomic E-state index is 2.59. The normalized spacial score (nSPS) is 12.6. The summed E-state index contributed by atoms with van der Waals surface area (Å²) in [5, 5.41) is 0. The molecule has 0 saturated carbocycles. The first-order valence-electron chi connectivity index (χ1n) is 14.5. The zero-order valence-electron chi connectivity index (χ0n) is 22.3. The summed E-state index contributed by atoms with van der Waals surface area (Å²) in [4.78, 5) is 5.51. The van der Waals surface area contributed by atoms with Crippen molar-refractivity contribution in [2.75, 3.05) is 11.4 Å². The molecule has 0 amide bonds. The highest BCUT2D eigenvalue weighted by atomic mass is 32.2. The summed E-state index contributed by atoms with van der Waals surface area (Å²) in [5.74, 6) is 0. The van der Waals surface area contributed by atoms with Gasteiger partial charge in [0.25, 0.3) is 0 Å². The number of fused-ring (bicyclic) bond motifs is 2. The van der Waals surface area contributed by atoms with Crippen molar-refractivity contribution in [1.29, 1.82) is 0 Å². The number of nitrogens with zero attached hydrogens (tertiary/aromatic N) is 1. The van der Waals surface area contributed by atoms with Crippen molar-refractivity contribution in [3.8, 4) is 0 Å². The van der Waals surface area contributed by atoms with E-state index >= 15 is 0 Å². The number of hydrogen-bond acceptors (Lipinski definition) is 2. The molecule has 188 valence electrons. The molecule has 1 heterocycles. The van der Waals surface area contributed by atoms with Gasteiger partial charge in [-0.3, -0.25) is 0 Å². The SMILES string of the molecule is CCCCCCCCc1ccc2c(c1)Sc1cc(CCCCCCCC)ccc1N2CCCC. The number of hydrogen-bond donors (Lipinski definition) is 0. The van der Waals surface area contributed by atoms with Crippen LogP contribution in [0.3, 0.4) is 0 Å². The van der Waals surface area contributed by atoms with E-state index in [-0.39, 0.29) is 0 Å². The third-order valence-corrected chi connectivity index (χ3v) is 8.32. The van der Waals surface area contributed by atoms with E-state index in [2.05, 4.69) is 62.1 Å². The van der Waals surface area contributed by atoms with Crippen molar-refractivity contribution >= 4 is 23.1 Å².